The molecule has 0 spiro atoms. The average Bonchev–Trinajstić information content (AvgIpc) is 3.14. The number of carbonyl (C=O) groups is 6. The van der Waals surface area contributed by atoms with Gasteiger partial charge in [-0.05, 0) is 51.4 Å². The molecule has 5 amide bonds. The van der Waals surface area contributed by atoms with Gasteiger partial charge in [-0.25, -0.2) is 4.79 Å². The summed E-state index contributed by atoms with van der Waals surface area (Å²) in [4.78, 5) is 74.7. The molecular weight excluding hydrogens is 470 g/mol. The topological polar surface area (TPSA) is 183 Å². The maximum atomic E-state index is 13.2. The van der Waals surface area contributed by atoms with Crippen molar-refractivity contribution >= 4 is 35.5 Å². The van der Waals surface area contributed by atoms with E-state index in [4.69, 9.17) is 5.11 Å². The largest absolute Gasteiger partial charge is 0.465 e. The van der Waals surface area contributed by atoms with Crippen LogP contribution in [0, 0.1) is 17.8 Å². The van der Waals surface area contributed by atoms with E-state index in [0.717, 1.165) is 0 Å². The maximum Gasteiger partial charge on any atom is 0.405 e. The molecule has 1 saturated heterocycles. The molecule has 12 heteroatoms. The molecule has 1 aliphatic heterocycles. The van der Waals surface area contributed by atoms with E-state index in [2.05, 4.69) is 26.6 Å². The van der Waals surface area contributed by atoms with E-state index < -0.39 is 53.6 Å². The van der Waals surface area contributed by atoms with Crippen LogP contribution in [-0.4, -0.2) is 71.3 Å². The number of hydrogen-bond donors (Lipinski definition) is 6. The second-order valence-electron chi connectivity index (χ2n) is 10.4. The van der Waals surface area contributed by atoms with Gasteiger partial charge >= 0.3 is 6.09 Å². The molecule has 36 heavy (non-hydrogen) atoms. The third-order valence-electron chi connectivity index (χ3n) is 5.62. The summed E-state index contributed by atoms with van der Waals surface area (Å²) in [6.07, 6.45) is -0.518. The van der Waals surface area contributed by atoms with Crippen LogP contribution in [0.5, 0.6) is 0 Å². The van der Waals surface area contributed by atoms with E-state index in [1.807, 2.05) is 27.7 Å². The first-order valence-corrected chi connectivity index (χ1v) is 12.4. The van der Waals surface area contributed by atoms with Gasteiger partial charge < -0.3 is 31.7 Å². The molecule has 0 bridgehead atoms. The number of Topliss-reactive ketones (excluding diaryl/α,β-unsaturated/α-hetero) is 1. The van der Waals surface area contributed by atoms with Crippen LogP contribution in [0.25, 0.3) is 0 Å². The van der Waals surface area contributed by atoms with Crippen LogP contribution in [-0.2, 0) is 24.0 Å². The maximum absolute atomic E-state index is 13.2. The Morgan fingerprint density at radius 2 is 1.33 bits per heavy atom. The molecule has 0 unspecified atom stereocenters. The lowest BCUT2D eigenvalue weighted by Gasteiger charge is -2.27. The number of nitrogens with one attached hydrogen (secondary N) is 5. The van der Waals surface area contributed by atoms with Crippen molar-refractivity contribution in [3.05, 3.63) is 0 Å². The van der Waals surface area contributed by atoms with Crippen LogP contribution in [0.2, 0.25) is 0 Å². The number of amides is 5. The van der Waals surface area contributed by atoms with Gasteiger partial charge in [0.1, 0.15) is 12.1 Å². The van der Waals surface area contributed by atoms with Crippen LogP contribution >= 0.6 is 0 Å². The number of rotatable bonds is 14. The van der Waals surface area contributed by atoms with Gasteiger partial charge in [-0.15, -0.1) is 0 Å². The molecule has 0 aromatic rings. The fraction of sp³-hybridized carbons (Fsp3) is 0.750. The van der Waals surface area contributed by atoms with Gasteiger partial charge in [-0.2, -0.15) is 0 Å². The number of hydrogen-bond acceptors (Lipinski definition) is 6. The minimum atomic E-state index is -1.36. The Balaban J connectivity index is 3.11. The molecule has 0 aromatic carbocycles. The van der Waals surface area contributed by atoms with Crippen molar-refractivity contribution in [3.63, 3.8) is 0 Å². The standard InChI is InChI=1S/C24H41N5O7/c1-12(2)9-17(28-22(33)18(10-13(3)4)29-24(35)36)21(32)27-16(11-15-7-8-25-20(15)31)19(30)23(34)26-14(5)6/h12-18,29H,7-11H2,1-6H3,(H,25,31)(H,26,34)(H,27,32)(H,28,33)(H,35,36)/t15-,16-,17-,18-/m0/s1. The molecule has 0 aliphatic carbocycles. The van der Waals surface area contributed by atoms with E-state index in [9.17, 15) is 28.8 Å². The van der Waals surface area contributed by atoms with Crippen molar-refractivity contribution in [2.75, 3.05) is 6.54 Å². The second-order valence-corrected chi connectivity index (χ2v) is 10.4. The molecule has 1 fully saturated rings. The van der Waals surface area contributed by atoms with Gasteiger partial charge in [0.15, 0.2) is 0 Å². The molecule has 4 atom stereocenters. The van der Waals surface area contributed by atoms with Crippen LogP contribution in [0.4, 0.5) is 4.79 Å². The predicted molar refractivity (Wildman–Crippen MR) is 132 cm³/mol. The van der Waals surface area contributed by atoms with Gasteiger partial charge in [-0.1, -0.05) is 27.7 Å². The van der Waals surface area contributed by atoms with Crippen molar-refractivity contribution in [3.8, 4) is 0 Å². The summed E-state index contributed by atoms with van der Waals surface area (Å²) >= 11 is 0. The summed E-state index contributed by atoms with van der Waals surface area (Å²) in [6.45, 7) is 11.2. The lowest BCUT2D eigenvalue weighted by Crippen LogP contribution is -2.57. The summed E-state index contributed by atoms with van der Waals surface area (Å²) in [7, 11) is 0. The van der Waals surface area contributed by atoms with Crippen molar-refractivity contribution < 1.29 is 33.9 Å². The lowest BCUT2D eigenvalue weighted by molar-refractivity contribution is -0.141. The fourth-order valence-corrected chi connectivity index (χ4v) is 3.98. The Morgan fingerprint density at radius 3 is 1.75 bits per heavy atom. The SMILES string of the molecule is CC(C)C[C@H](NC(=O)O)C(=O)N[C@@H](CC(C)C)C(=O)N[C@@H](C[C@@H]1CCNC1=O)C(=O)C(=O)NC(C)C. The molecule has 12 nitrogen and oxygen atoms in total. The van der Waals surface area contributed by atoms with Crippen molar-refractivity contribution in [2.24, 2.45) is 17.8 Å². The molecule has 0 aromatic heterocycles. The number of ketones is 1. The third kappa shape index (κ3) is 10.6. The van der Waals surface area contributed by atoms with E-state index in [1.165, 1.54) is 0 Å². The average molecular weight is 512 g/mol. The number of carbonyl (C=O) groups excluding carboxylic acids is 5. The predicted octanol–water partition coefficient (Wildman–Crippen LogP) is 0.304. The molecule has 1 rings (SSSR count). The van der Waals surface area contributed by atoms with E-state index in [0.29, 0.717) is 13.0 Å². The molecular formula is C24H41N5O7. The molecule has 204 valence electrons. The third-order valence-corrected chi connectivity index (χ3v) is 5.62. The van der Waals surface area contributed by atoms with E-state index in [-0.39, 0.29) is 43.0 Å². The summed E-state index contributed by atoms with van der Waals surface area (Å²) in [6, 6.07) is -3.72. The lowest BCUT2D eigenvalue weighted by atomic mass is 9.94. The van der Waals surface area contributed by atoms with Gasteiger partial charge in [0.25, 0.3) is 5.91 Å². The summed E-state index contributed by atoms with van der Waals surface area (Å²) in [5.74, 6) is -3.93. The first kappa shape index (κ1) is 30.9. The summed E-state index contributed by atoms with van der Waals surface area (Å²) in [5, 5.41) is 21.6. The van der Waals surface area contributed by atoms with Gasteiger partial charge in [0.05, 0.1) is 6.04 Å². The molecule has 0 saturated carbocycles. The molecule has 1 heterocycles. The van der Waals surface area contributed by atoms with Gasteiger partial charge in [0.2, 0.25) is 23.5 Å². The van der Waals surface area contributed by atoms with Crippen molar-refractivity contribution in [2.45, 2.75) is 91.4 Å². The van der Waals surface area contributed by atoms with Crippen LogP contribution < -0.4 is 26.6 Å². The molecule has 0 radical (unpaired) electrons. The van der Waals surface area contributed by atoms with E-state index in [1.54, 1.807) is 13.8 Å². The highest BCUT2D eigenvalue weighted by Gasteiger charge is 2.36. The molecule has 6 N–H and O–H groups in total. The Kier molecular flexibility index (Phi) is 12.3. The van der Waals surface area contributed by atoms with Crippen molar-refractivity contribution in [1.82, 2.24) is 26.6 Å². The highest BCUT2D eigenvalue weighted by atomic mass is 16.4. The smallest absolute Gasteiger partial charge is 0.405 e. The quantitative estimate of drug-likeness (QED) is 0.181. The first-order chi connectivity index (χ1) is 16.7. The minimum Gasteiger partial charge on any atom is -0.465 e. The number of carboxylic acid groups (broad SMARTS) is 1. The highest BCUT2D eigenvalue weighted by Crippen LogP contribution is 2.17. The van der Waals surface area contributed by atoms with E-state index >= 15 is 0 Å². The minimum absolute atomic E-state index is 0.00371. The van der Waals surface area contributed by atoms with Gasteiger partial charge in [-0.3, -0.25) is 24.0 Å². The Morgan fingerprint density at radius 1 is 0.833 bits per heavy atom. The second kappa shape index (κ2) is 14.4. The first-order valence-electron chi connectivity index (χ1n) is 12.4. The monoisotopic (exact) mass is 511 g/mol. The van der Waals surface area contributed by atoms with Crippen LogP contribution in [0.3, 0.4) is 0 Å². The Labute approximate surface area is 212 Å². The van der Waals surface area contributed by atoms with Gasteiger partial charge in [0, 0.05) is 18.5 Å². The molecule has 1 aliphatic rings. The van der Waals surface area contributed by atoms with Crippen LogP contribution in [0.1, 0.15) is 67.2 Å². The summed E-state index contributed by atoms with van der Waals surface area (Å²) < 4.78 is 0. The van der Waals surface area contributed by atoms with Crippen molar-refractivity contribution in [1.29, 1.82) is 0 Å². The normalized spacial score (nSPS) is 17.8. The Bertz CT molecular complexity index is 828. The highest BCUT2D eigenvalue weighted by molar-refractivity contribution is 6.38. The zero-order valence-corrected chi connectivity index (χ0v) is 22.0. The fourth-order valence-electron chi connectivity index (χ4n) is 3.98. The summed E-state index contributed by atoms with van der Waals surface area (Å²) in [5.41, 5.74) is 0. The van der Waals surface area contributed by atoms with Crippen LogP contribution in [0.15, 0.2) is 0 Å². The Hall–Kier alpha value is -3.18. The zero-order valence-electron chi connectivity index (χ0n) is 22.0. The zero-order chi connectivity index (χ0) is 27.6.